The van der Waals surface area contributed by atoms with Crippen molar-refractivity contribution in [1.29, 1.82) is 0 Å². The van der Waals surface area contributed by atoms with Crippen LogP contribution < -0.4 is 10.6 Å². The molecular weight excluding hydrogens is 308 g/mol. The monoisotopic (exact) mass is 336 g/mol. The van der Waals surface area contributed by atoms with Gasteiger partial charge in [-0.25, -0.2) is 4.79 Å². The number of carbonyl (C=O) groups excluding carboxylic acids is 1. The molecule has 0 radical (unpaired) electrons. The van der Waals surface area contributed by atoms with Crippen LogP contribution in [0.25, 0.3) is 0 Å². The van der Waals surface area contributed by atoms with Crippen LogP contribution in [0.5, 0.6) is 0 Å². The maximum Gasteiger partial charge on any atom is 0.319 e. The zero-order valence-electron chi connectivity index (χ0n) is 15.6. The third-order valence-corrected chi connectivity index (χ3v) is 5.09. The Labute approximate surface area is 150 Å². The molecule has 25 heavy (non-hydrogen) atoms. The molecular formula is C22H28N2O. The van der Waals surface area contributed by atoms with Gasteiger partial charge in [0.15, 0.2) is 0 Å². The fraction of sp³-hybridized carbons (Fsp3) is 0.409. The number of hydrogen-bond acceptors (Lipinski definition) is 1. The molecule has 1 aliphatic carbocycles. The van der Waals surface area contributed by atoms with Crippen LogP contribution in [0.4, 0.5) is 10.5 Å². The van der Waals surface area contributed by atoms with Crippen LogP contribution in [0, 0.1) is 6.92 Å². The summed E-state index contributed by atoms with van der Waals surface area (Å²) in [6.45, 7) is 9.24. The van der Waals surface area contributed by atoms with E-state index in [1.807, 2.05) is 18.2 Å². The van der Waals surface area contributed by atoms with E-state index in [0.717, 1.165) is 24.1 Å². The van der Waals surface area contributed by atoms with E-state index in [2.05, 4.69) is 68.7 Å². The zero-order valence-corrected chi connectivity index (χ0v) is 15.6. The van der Waals surface area contributed by atoms with Gasteiger partial charge in [-0.2, -0.15) is 0 Å². The van der Waals surface area contributed by atoms with Crippen molar-refractivity contribution in [2.24, 2.45) is 0 Å². The summed E-state index contributed by atoms with van der Waals surface area (Å²) in [5, 5.41) is 6.10. The quantitative estimate of drug-likeness (QED) is 0.797. The van der Waals surface area contributed by atoms with E-state index >= 15 is 0 Å². The molecule has 0 aliphatic heterocycles. The van der Waals surface area contributed by atoms with Crippen molar-refractivity contribution in [3.8, 4) is 0 Å². The molecule has 0 bridgehead atoms. The van der Waals surface area contributed by atoms with Crippen molar-refractivity contribution in [1.82, 2.24) is 5.32 Å². The Balaban J connectivity index is 1.64. The number of amides is 2. The summed E-state index contributed by atoms with van der Waals surface area (Å²) >= 11 is 0. The molecule has 0 spiro atoms. The number of benzene rings is 2. The van der Waals surface area contributed by atoms with E-state index < -0.39 is 0 Å². The second-order valence-electron chi connectivity index (χ2n) is 8.25. The molecule has 3 rings (SSSR count). The minimum atomic E-state index is -0.130. The van der Waals surface area contributed by atoms with Crippen LogP contribution in [-0.4, -0.2) is 12.6 Å². The van der Waals surface area contributed by atoms with Crippen LogP contribution in [-0.2, 0) is 10.8 Å². The van der Waals surface area contributed by atoms with Crippen LogP contribution in [0.2, 0.25) is 0 Å². The van der Waals surface area contributed by atoms with E-state index in [9.17, 15) is 4.79 Å². The molecule has 2 N–H and O–H groups in total. The molecule has 0 unspecified atom stereocenters. The fourth-order valence-electron chi connectivity index (χ4n) is 3.29. The van der Waals surface area contributed by atoms with Crippen molar-refractivity contribution < 1.29 is 4.79 Å². The summed E-state index contributed by atoms with van der Waals surface area (Å²) in [7, 11) is 0. The van der Waals surface area contributed by atoms with E-state index in [1.54, 1.807) is 0 Å². The molecule has 132 valence electrons. The summed E-state index contributed by atoms with van der Waals surface area (Å²) in [5.74, 6) is 0. The van der Waals surface area contributed by atoms with E-state index in [1.165, 1.54) is 11.1 Å². The molecule has 2 aromatic carbocycles. The highest BCUT2D eigenvalue weighted by Crippen LogP contribution is 2.47. The number of aryl methyl sites for hydroxylation is 1. The Bertz CT molecular complexity index is 752. The molecule has 0 heterocycles. The average Bonchev–Trinajstić information content (AvgIpc) is 3.34. The van der Waals surface area contributed by atoms with Gasteiger partial charge in [-0.05, 0) is 42.4 Å². The van der Waals surface area contributed by atoms with Crippen molar-refractivity contribution >= 4 is 11.7 Å². The lowest BCUT2D eigenvalue weighted by Crippen LogP contribution is -2.36. The first kappa shape index (κ1) is 17.5. The largest absolute Gasteiger partial charge is 0.337 e. The molecule has 0 atom stereocenters. The number of rotatable bonds is 4. The lowest BCUT2D eigenvalue weighted by atomic mass is 9.86. The summed E-state index contributed by atoms with van der Waals surface area (Å²) in [6.07, 6.45) is 2.27. The molecule has 0 saturated heterocycles. The lowest BCUT2D eigenvalue weighted by molar-refractivity contribution is 0.251. The Morgan fingerprint density at radius 1 is 1.04 bits per heavy atom. The minimum absolute atomic E-state index is 0.0104. The highest BCUT2D eigenvalue weighted by molar-refractivity contribution is 5.90. The summed E-state index contributed by atoms with van der Waals surface area (Å²) in [5.41, 5.74) is 4.73. The maximum atomic E-state index is 12.4. The lowest BCUT2D eigenvalue weighted by Gasteiger charge is -2.23. The summed E-state index contributed by atoms with van der Waals surface area (Å²) in [6, 6.07) is 16.6. The normalized spacial score (nSPS) is 15.5. The molecule has 0 aromatic heterocycles. The predicted molar refractivity (Wildman–Crippen MR) is 104 cm³/mol. The van der Waals surface area contributed by atoms with Crippen molar-refractivity contribution in [3.05, 3.63) is 65.2 Å². The van der Waals surface area contributed by atoms with E-state index in [-0.39, 0.29) is 16.9 Å². The van der Waals surface area contributed by atoms with Gasteiger partial charge in [0, 0.05) is 17.6 Å². The second kappa shape index (κ2) is 6.55. The third-order valence-electron chi connectivity index (χ3n) is 5.09. The molecule has 2 amide bonds. The number of carbonyl (C=O) groups is 1. The average molecular weight is 336 g/mol. The molecule has 1 saturated carbocycles. The first-order valence-corrected chi connectivity index (χ1v) is 9.02. The topological polar surface area (TPSA) is 41.1 Å². The maximum absolute atomic E-state index is 12.4. The standard InChI is InChI=1S/C22H28N2O/c1-16-9-11-17(12-10-16)22(13-14-22)15-23-20(25)24-19-8-6-5-7-18(19)21(2,3)4/h5-12H,13-15H2,1-4H3,(H2,23,24,25). The van der Waals surface area contributed by atoms with Crippen LogP contribution in [0.3, 0.4) is 0 Å². The smallest absolute Gasteiger partial charge is 0.319 e. The van der Waals surface area contributed by atoms with Crippen LogP contribution in [0.1, 0.15) is 50.3 Å². The number of hydrogen-bond donors (Lipinski definition) is 2. The third kappa shape index (κ3) is 4.04. The van der Waals surface area contributed by atoms with Crippen molar-refractivity contribution in [3.63, 3.8) is 0 Å². The second-order valence-corrected chi connectivity index (χ2v) is 8.25. The number of urea groups is 1. The molecule has 3 nitrogen and oxygen atoms in total. The minimum Gasteiger partial charge on any atom is -0.337 e. The fourth-order valence-corrected chi connectivity index (χ4v) is 3.29. The van der Waals surface area contributed by atoms with Gasteiger partial charge in [0.05, 0.1) is 0 Å². The van der Waals surface area contributed by atoms with Gasteiger partial charge in [0.1, 0.15) is 0 Å². The SMILES string of the molecule is Cc1ccc(C2(CNC(=O)Nc3ccccc3C(C)(C)C)CC2)cc1. The summed E-state index contributed by atoms with van der Waals surface area (Å²) in [4.78, 5) is 12.4. The van der Waals surface area contributed by atoms with E-state index in [4.69, 9.17) is 0 Å². The number of para-hydroxylation sites is 1. The van der Waals surface area contributed by atoms with Gasteiger partial charge in [-0.15, -0.1) is 0 Å². The Morgan fingerprint density at radius 3 is 2.28 bits per heavy atom. The Morgan fingerprint density at radius 2 is 1.68 bits per heavy atom. The molecule has 1 aliphatic rings. The van der Waals surface area contributed by atoms with Crippen LogP contribution >= 0.6 is 0 Å². The van der Waals surface area contributed by atoms with E-state index in [0.29, 0.717) is 6.54 Å². The van der Waals surface area contributed by atoms with Gasteiger partial charge in [0.2, 0.25) is 0 Å². The molecule has 2 aromatic rings. The van der Waals surface area contributed by atoms with Gasteiger partial charge >= 0.3 is 6.03 Å². The Kier molecular flexibility index (Phi) is 4.59. The molecule has 3 heteroatoms. The first-order valence-electron chi connectivity index (χ1n) is 9.02. The van der Waals surface area contributed by atoms with Gasteiger partial charge in [0.25, 0.3) is 0 Å². The van der Waals surface area contributed by atoms with Gasteiger partial charge in [-0.3, -0.25) is 0 Å². The number of anilines is 1. The number of nitrogens with one attached hydrogen (secondary N) is 2. The van der Waals surface area contributed by atoms with Crippen molar-refractivity contribution in [2.75, 3.05) is 11.9 Å². The predicted octanol–water partition coefficient (Wildman–Crippen LogP) is 5.15. The zero-order chi connectivity index (χ0) is 18.1. The first-order chi connectivity index (χ1) is 11.8. The Hall–Kier alpha value is -2.29. The molecule has 1 fully saturated rings. The van der Waals surface area contributed by atoms with Gasteiger partial charge < -0.3 is 10.6 Å². The van der Waals surface area contributed by atoms with Gasteiger partial charge in [-0.1, -0.05) is 68.8 Å². The highest BCUT2D eigenvalue weighted by Gasteiger charge is 2.44. The summed E-state index contributed by atoms with van der Waals surface area (Å²) < 4.78 is 0. The highest BCUT2D eigenvalue weighted by atomic mass is 16.2. The van der Waals surface area contributed by atoms with Crippen LogP contribution in [0.15, 0.2) is 48.5 Å². The van der Waals surface area contributed by atoms with Crippen molar-refractivity contribution in [2.45, 2.75) is 51.4 Å².